The highest BCUT2D eigenvalue weighted by atomic mass is 79.9. The van der Waals surface area contributed by atoms with Crippen LogP contribution < -0.4 is 9.64 Å². The monoisotopic (exact) mass is 343 g/mol. The summed E-state index contributed by atoms with van der Waals surface area (Å²) in [5.74, 6) is 0.753. The van der Waals surface area contributed by atoms with Crippen molar-refractivity contribution in [2.24, 2.45) is 0 Å². The van der Waals surface area contributed by atoms with E-state index in [1.807, 2.05) is 41.5 Å². The number of hydrogen-bond donors (Lipinski definition) is 1. The van der Waals surface area contributed by atoms with Gasteiger partial charge in [0, 0.05) is 5.54 Å². The summed E-state index contributed by atoms with van der Waals surface area (Å²) >= 11 is 3.52. The highest BCUT2D eigenvalue weighted by Gasteiger charge is 2.32. The number of carboxylic acid groups (broad SMARTS) is 1. The second kappa shape index (κ2) is 5.64. The van der Waals surface area contributed by atoms with Gasteiger partial charge in [0.1, 0.15) is 5.75 Å². The number of rotatable bonds is 2. The molecule has 5 heteroatoms. The van der Waals surface area contributed by atoms with E-state index < -0.39 is 11.6 Å². The van der Waals surface area contributed by atoms with Gasteiger partial charge in [0.2, 0.25) is 0 Å². The van der Waals surface area contributed by atoms with Gasteiger partial charge in [0.15, 0.2) is 0 Å². The first-order chi connectivity index (χ1) is 9.03. The number of hydrogen-bond acceptors (Lipinski definition) is 2. The summed E-state index contributed by atoms with van der Waals surface area (Å²) < 4.78 is 6.21. The molecular weight excluding hydrogens is 322 g/mol. The fraction of sp³-hybridized carbons (Fsp3) is 0.533. The Bertz CT molecular complexity index is 518. The molecule has 112 valence electrons. The molecule has 0 atom stereocenters. The van der Waals surface area contributed by atoms with Crippen molar-refractivity contribution in [3.05, 3.63) is 21.2 Å². The van der Waals surface area contributed by atoms with E-state index in [4.69, 9.17) is 4.74 Å². The van der Waals surface area contributed by atoms with E-state index >= 15 is 0 Å². The molecule has 0 spiro atoms. The number of carbonyl (C=O) groups is 1. The van der Waals surface area contributed by atoms with E-state index in [1.54, 1.807) is 7.11 Å². The van der Waals surface area contributed by atoms with Gasteiger partial charge >= 0.3 is 6.09 Å². The van der Waals surface area contributed by atoms with Crippen molar-refractivity contribution < 1.29 is 14.6 Å². The van der Waals surface area contributed by atoms with Gasteiger partial charge in [-0.3, -0.25) is 4.90 Å². The lowest BCUT2D eigenvalue weighted by Crippen LogP contribution is -2.46. The van der Waals surface area contributed by atoms with Crippen molar-refractivity contribution in [1.29, 1.82) is 0 Å². The minimum atomic E-state index is -0.958. The molecule has 0 saturated heterocycles. The number of methoxy groups -OCH3 is 1. The van der Waals surface area contributed by atoms with Crippen LogP contribution in [0, 0.1) is 20.8 Å². The van der Waals surface area contributed by atoms with Crippen LogP contribution in [0.2, 0.25) is 0 Å². The molecule has 0 aliphatic heterocycles. The SMILES string of the molecule is COc1c(C)c(C)c(N(C(=O)O)C(C)(C)C)c(C)c1Br. The van der Waals surface area contributed by atoms with Crippen LogP contribution in [0.25, 0.3) is 0 Å². The molecular formula is C15H22BrNO3. The zero-order chi connectivity index (χ0) is 15.8. The molecule has 0 unspecified atom stereocenters. The first kappa shape index (κ1) is 16.8. The summed E-state index contributed by atoms with van der Waals surface area (Å²) in [6.07, 6.45) is -0.958. The van der Waals surface area contributed by atoms with Crippen LogP contribution in [0.4, 0.5) is 10.5 Å². The molecule has 1 amide bonds. The normalized spacial score (nSPS) is 11.4. The molecule has 4 nitrogen and oxygen atoms in total. The van der Waals surface area contributed by atoms with Crippen LogP contribution in [-0.2, 0) is 0 Å². The maximum absolute atomic E-state index is 11.7. The molecule has 0 aliphatic rings. The smallest absolute Gasteiger partial charge is 0.412 e. The molecule has 0 heterocycles. The van der Waals surface area contributed by atoms with Crippen LogP contribution >= 0.6 is 15.9 Å². The van der Waals surface area contributed by atoms with Gasteiger partial charge in [-0.1, -0.05) is 0 Å². The van der Waals surface area contributed by atoms with Crippen LogP contribution in [0.15, 0.2) is 4.47 Å². The second-order valence-electron chi connectivity index (χ2n) is 5.86. The van der Waals surface area contributed by atoms with E-state index in [0.717, 1.165) is 32.6 Å². The Balaban J connectivity index is 3.73. The standard InChI is InChI=1S/C15H22BrNO3/c1-8-9(2)13(20-7)11(16)10(3)12(8)17(14(18)19)15(4,5)6/h1-7H3,(H,18,19). The van der Waals surface area contributed by atoms with Gasteiger partial charge < -0.3 is 9.84 Å². The Morgan fingerprint density at radius 1 is 1.15 bits per heavy atom. The molecule has 0 aliphatic carbocycles. The van der Waals surface area contributed by atoms with Gasteiger partial charge in [-0.15, -0.1) is 0 Å². The average molecular weight is 344 g/mol. The molecule has 1 aromatic rings. The van der Waals surface area contributed by atoms with Crippen molar-refractivity contribution in [3.63, 3.8) is 0 Å². The number of benzene rings is 1. The molecule has 1 aromatic carbocycles. The first-order valence-electron chi connectivity index (χ1n) is 6.40. The fourth-order valence-electron chi connectivity index (χ4n) is 2.36. The number of ether oxygens (including phenoxy) is 1. The topological polar surface area (TPSA) is 49.8 Å². The number of amides is 1. The molecule has 0 bridgehead atoms. The Morgan fingerprint density at radius 3 is 2.00 bits per heavy atom. The summed E-state index contributed by atoms with van der Waals surface area (Å²) in [6.45, 7) is 11.4. The largest absolute Gasteiger partial charge is 0.495 e. The van der Waals surface area contributed by atoms with Crippen LogP contribution in [0.1, 0.15) is 37.5 Å². The highest BCUT2D eigenvalue weighted by molar-refractivity contribution is 9.10. The fourth-order valence-corrected chi connectivity index (χ4v) is 3.01. The number of halogens is 1. The maximum atomic E-state index is 11.7. The zero-order valence-electron chi connectivity index (χ0n) is 13.1. The molecule has 0 saturated carbocycles. The minimum absolute atomic E-state index is 0.526. The third kappa shape index (κ3) is 2.77. The Morgan fingerprint density at radius 2 is 1.65 bits per heavy atom. The van der Waals surface area contributed by atoms with Crippen molar-refractivity contribution in [2.45, 2.75) is 47.1 Å². The van der Waals surface area contributed by atoms with Crippen LogP contribution in [0.3, 0.4) is 0 Å². The van der Waals surface area contributed by atoms with E-state index in [9.17, 15) is 9.90 Å². The lowest BCUT2D eigenvalue weighted by atomic mass is 9.97. The lowest BCUT2D eigenvalue weighted by Gasteiger charge is -2.36. The van der Waals surface area contributed by atoms with Gasteiger partial charge in [-0.25, -0.2) is 4.79 Å². The van der Waals surface area contributed by atoms with Gasteiger partial charge in [-0.2, -0.15) is 0 Å². The maximum Gasteiger partial charge on any atom is 0.412 e. The van der Waals surface area contributed by atoms with Gasteiger partial charge in [0.05, 0.1) is 17.3 Å². The molecule has 0 fully saturated rings. The molecule has 0 radical (unpaired) electrons. The third-order valence-electron chi connectivity index (χ3n) is 3.43. The van der Waals surface area contributed by atoms with Crippen LogP contribution in [0.5, 0.6) is 5.75 Å². The quantitative estimate of drug-likeness (QED) is 0.848. The molecule has 20 heavy (non-hydrogen) atoms. The summed E-state index contributed by atoms with van der Waals surface area (Å²) in [5, 5.41) is 9.60. The minimum Gasteiger partial charge on any atom is -0.495 e. The van der Waals surface area contributed by atoms with Crippen molar-refractivity contribution >= 4 is 27.7 Å². The summed E-state index contributed by atoms with van der Waals surface area (Å²) in [7, 11) is 1.62. The van der Waals surface area contributed by atoms with Crippen molar-refractivity contribution in [1.82, 2.24) is 0 Å². The predicted molar refractivity (Wildman–Crippen MR) is 85.2 cm³/mol. The van der Waals surface area contributed by atoms with E-state index in [2.05, 4.69) is 15.9 Å². The lowest BCUT2D eigenvalue weighted by molar-refractivity contribution is 0.195. The summed E-state index contributed by atoms with van der Waals surface area (Å²) in [6, 6.07) is 0. The van der Waals surface area contributed by atoms with E-state index in [1.165, 1.54) is 4.90 Å². The molecule has 1 rings (SSSR count). The van der Waals surface area contributed by atoms with Gasteiger partial charge in [-0.05, 0) is 74.2 Å². The number of anilines is 1. The Kier molecular flexibility index (Phi) is 4.74. The van der Waals surface area contributed by atoms with E-state index in [-0.39, 0.29) is 0 Å². The Hall–Kier alpha value is -1.23. The predicted octanol–water partition coefficient (Wildman–Crippen LogP) is 4.67. The third-order valence-corrected chi connectivity index (χ3v) is 4.39. The van der Waals surface area contributed by atoms with Crippen molar-refractivity contribution in [2.75, 3.05) is 12.0 Å². The molecule has 1 N–H and O–H groups in total. The molecule has 0 aromatic heterocycles. The highest BCUT2D eigenvalue weighted by Crippen LogP contribution is 2.43. The first-order valence-corrected chi connectivity index (χ1v) is 7.19. The Labute approximate surface area is 128 Å². The number of nitrogens with zero attached hydrogens (tertiary/aromatic N) is 1. The zero-order valence-corrected chi connectivity index (χ0v) is 14.7. The van der Waals surface area contributed by atoms with Crippen molar-refractivity contribution in [3.8, 4) is 5.75 Å². The second-order valence-corrected chi connectivity index (χ2v) is 6.65. The van der Waals surface area contributed by atoms with Crippen LogP contribution in [-0.4, -0.2) is 23.8 Å². The average Bonchev–Trinajstić information content (AvgIpc) is 2.30. The van der Waals surface area contributed by atoms with E-state index in [0.29, 0.717) is 0 Å². The van der Waals surface area contributed by atoms with Gasteiger partial charge in [0.25, 0.3) is 0 Å². The summed E-state index contributed by atoms with van der Waals surface area (Å²) in [5.41, 5.74) is 2.91. The summed E-state index contributed by atoms with van der Waals surface area (Å²) in [4.78, 5) is 13.1.